The molecule has 5 heteroatoms. The van der Waals surface area contributed by atoms with E-state index in [9.17, 15) is 4.79 Å². The van der Waals surface area contributed by atoms with Crippen LogP contribution in [-0.2, 0) is 4.79 Å². The highest BCUT2D eigenvalue weighted by Crippen LogP contribution is 2.29. The first-order chi connectivity index (χ1) is 7.70. The van der Waals surface area contributed by atoms with Gasteiger partial charge >= 0.3 is 5.97 Å². The van der Waals surface area contributed by atoms with Crippen molar-refractivity contribution in [2.75, 3.05) is 6.54 Å². The minimum atomic E-state index is -0.833. The number of hydrogen-bond donors (Lipinski definition) is 2. The smallest absolute Gasteiger partial charge is 0.321 e. The van der Waals surface area contributed by atoms with Crippen LogP contribution in [0.4, 0.5) is 0 Å². The molecule has 1 aliphatic rings. The van der Waals surface area contributed by atoms with Crippen molar-refractivity contribution < 1.29 is 9.90 Å². The van der Waals surface area contributed by atoms with Gasteiger partial charge in [0.25, 0.3) is 0 Å². The summed E-state index contributed by atoms with van der Waals surface area (Å²) < 4.78 is 0. The summed E-state index contributed by atoms with van der Waals surface area (Å²) in [5.41, 5.74) is 1.60. The van der Waals surface area contributed by atoms with Gasteiger partial charge in [-0.05, 0) is 18.5 Å². The summed E-state index contributed by atoms with van der Waals surface area (Å²) in [5, 5.41) is 12.0. The van der Waals surface area contributed by atoms with Crippen LogP contribution in [0.2, 0.25) is 0 Å². The molecule has 0 bridgehead atoms. The first-order valence-corrected chi connectivity index (χ1v) is 5.10. The molecule has 1 aromatic rings. The van der Waals surface area contributed by atoms with E-state index < -0.39 is 12.0 Å². The summed E-state index contributed by atoms with van der Waals surface area (Å²) in [5.74, 6) is -0.913. The molecule has 1 aliphatic heterocycles. The van der Waals surface area contributed by atoms with Gasteiger partial charge in [0.1, 0.15) is 12.4 Å². The lowest BCUT2D eigenvalue weighted by Crippen LogP contribution is -2.35. The molecule has 2 atom stereocenters. The average Bonchev–Trinajstić information content (AvgIpc) is 2.78. The third-order valence-corrected chi connectivity index (χ3v) is 2.87. The highest BCUT2D eigenvalue weighted by molar-refractivity contribution is 5.79. The summed E-state index contributed by atoms with van der Waals surface area (Å²) >= 11 is 0. The Morgan fingerprint density at radius 3 is 2.81 bits per heavy atom. The van der Waals surface area contributed by atoms with Gasteiger partial charge in [0.05, 0.1) is 0 Å². The fraction of sp³-hybridized carbons (Fsp3) is 0.364. The molecule has 84 valence electrons. The van der Waals surface area contributed by atoms with Gasteiger partial charge in [-0.1, -0.05) is 6.58 Å². The second kappa shape index (κ2) is 4.40. The van der Waals surface area contributed by atoms with Gasteiger partial charge < -0.3 is 10.4 Å². The minimum Gasteiger partial charge on any atom is -0.480 e. The summed E-state index contributed by atoms with van der Waals surface area (Å²) in [6.07, 6.45) is 5.54. The van der Waals surface area contributed by atoms with Gasteiger partial charge in [-0.2, -0.15) is 0 Å². The number of aromatic nitrogens is 2. The van der Waals surface area contributed by atoms with Crippen molar-refractivity contribution >= 4 is 11.5 Å². The Hall–Kier alpha value is -1.75. The Morgan fingerprint density at radius 2 is 2.19 bits per heavy atom. The molecule has 0 aromatic carbocycles. The molecule has 0 unspecified atom stereocenters. The first-order valence-electron chi connectivity index (χ1n) is 5.10. The van der Waals surface area contributed by atoms with E-state index >= 15 is 0 Å². The lowest BCUT2D eigenvalue weighted by molar-refractivity contribution is -0.139. The van der Waals surface area contributed by atoms with E-state index in [-0.39, 0.29) is 5.92 Å². The molecule has 0 spiro atoms. The molecule has 5 nitrogen and oxygen atoms in total. The maximum Gasteiger partial charge on any atom is 0.321 e. The maximum absolute atomic E-state index is 11.0. The van der Waals surface area contributed by atoms with Crippen LogP contribution in [0.5, 0.6) is 0 Å². The van der Waals surface area contributed by atoms with Crippen molar-refractivity contribution in [3.05, 3.63) is 30.9 Å². The molecule has 0 aliphatic carbocycles. The highest BCUT2D eigenvalue weighted by Gasteiger charge is 2.34. The Morgan fingerprint density at radius 1 is 1.50 bits per heavy atom. The largest absolute Gasteiger partial charge is 0.480 e. The van der Waals surface area contributed by atoms with Gasteiger partial charge in [-0.15, -0.1) is 0 Å². The zero-order valence-electron chi connectivity index (χ0n) is 8.76. The molecule has 2 heterocycles. The molecular weight excluding hydrogens is 206 g/mol. The van der Waals surface area contributed by atoms with Gasteiger partial charge in [-0.25, -0.2) is 9.97 Å². The van der Waals surface area contributed by atoms with Gasteiger partial charge in [-0.3, -0.25) is 4.79 Å². The van der Waals surface area contributed by atoms with Crippen molar-refractivity contribution in [1.82, 2.24) is 15.3 Å². The number of hydrogen-bond acceptors (Lipinski definition) is 4. The van der Waals surface area contributed by atoms with Gasteiger partial charge in [0.15, 0.2) is 0 Å². The molecule has 1 aromatic heterocycles. The molecule has 1 saturated heterocycles. The van der Waals surface area contributed by atoms with Crippen molar-refractivity contribution in [3.63, 3.8) is 0 Å². The predicted molar refractivity (Wildman–Crippen MR) is 58.6 cm³/mol. The summed E-state index contributed by atoms with van der Waals surface area (Å²) in [7, 11) is 0. The van der Waals surface area contributed by atoms with Crippen LogP contribution in [0.3, 0.4) is 0 Å². The van der Waals surface area contributed by atoms with Crippen LogP contribution < -0.4 is 5.32 Å². The summed E-state index contributed by atoms with van der Waals surface area (Å²) in [6.45, 7) is 4.66. The second-order valence-electron chi connectivity index (χ2n) is 3.82. The van der Waals surface area contributed by atoms with E-state index in [1.54, 1.807) is 12.4 Å². The third-order valence-electron chi connectivity index (χ3n) is 2.87. The lowest BCUT2D eigenvalue weighted by Gasteiger charge is -2.17. The van der Waals surface area contributed by atoms with Gasteiger partial charge in [0, 0.05) is 23.9 Å². The lowest BCUT2D eigenvalue weighted by atomic mass is 9.89. The Kier molecular flexibility index (Phi) is 2.96. The molecule has 0 saturated carbocycles. The number of aliphatic carboxylic acids is 1. The quantitative estimate of drug-likeness (QED) is 0.776. The first kappa shape index (κ1) is 10.8. The molecule has 1 fully saturated rings. The van der Waals surface area contributed by atoms with Crippen molar-refractivity contribution in [1.29, 1.82) is 0 Å². The van der Waals surface area contributed by atoms with Crippen LogP contribution in [0.15, 0.2) is 25.3 Å². The minimum absolute atomic E-state index is 0.0801. The Bertz CT molecular complexity index is 405. The molecular formula is C11H13N3O2. The molecule has 0 radical (unpaired) electrons. The zero-order chi connectivity index (χ0) is 11.5. The highest BCUT2D eigenvalue weighted by atomic mass is 16.4. The van der Waals surface area contributed by atoms with E-state index in [1.807, 2.05) is 0 Å². The number of carboxylic acids is 1. The van der Waals surface area contributed by atoms with E-state index in [0.29, 0.717) is 6.54 Å². The topological polar surface area (TPSA) is 75.1 Å². The number of nitrogens with zero attached hydrogens (tertiary/aromatic N) is 2. The monoisotopic (exact) mass is 219 g/mol. The van der Waals surface area contributed by atoms with Crippen LogP contribution >= 0.6 is 0 Å². The molecule has 2 N–H and O–H groups in total. The van der Waals surface area contributed by atoms with Crippen LogP contribution in [0, 0.1) is 5.92 Å². The molecule has 2 rings (SSSR count). The van der Waals surface area contributed by atoms with E-state index in [2.05, 4.69) is 21.9 Å². The van der Waals surface area contributed by atoms with Crippen molar-refractivity contribution in [2.45, 2.75) is 12.5 Å². The number of carboxylic acid groups (broad SMARTS) is 1. The number of carbonyl (C=O) groups is 1. The SMILES string of the molecule is C=C(c1cncnc1)[C@H]1CCN[C@H]1C(=O)O. The Balaban J connectivity index is 2.19. The molecule has 0 amide bonds. The van der Waals surface area contributed by atoms with Crippen molar-refractivity contribution in [2.24, 2.45) is 5.92 Å². The molecule has 16 heavy (non-hydrogen) atoms. The van der Waals surface area contributed by atoms with E-state index in [1.165, 1.54) is 6.33 Å². The maximum atomic E-state index is 11.0. The predicted octanol–water partition coefficient (Wildman–Crippen LogP) is 0.552. The van der Waals surface area contributed by atoms with Crippen LogP contribution in [0.25, 0.3) is 5.57 Å². The second-order valence-corrected chi connectivity index (χ2v) is 3.82. The number of nitrogens with one attached hydrogen (secondary N) is 1. The van der Waals surface area contributed by atoms with Crippen LogP contribution in [0.1, 0.15) is 12.0 Å². The standard InChI is InChI=1S/C11H13N3O2/c1-7(8-4-12-6-13-5-8)9-2-3-14-10(9)11(15)16/h4-6,9-10,14H,1-3H2,(H,15,16)/t9-,10-/m1/s1. The van der Waals surface area contributed by atoms with Crippen LogP contribution in [-0.4, -0.2) is 33.6 Å². The number of rotatable bonds is 3. The normalized spacial score (nSPS) is 24.2. The summed E-state index contributed by atoms with van der Waals surface area (Å²) in [6, 6.07) is -0.548. The summed E-state index contributed by atoms with van der Waals surface area (Å²) in [4.78, 5) is 18.8. The zero-order valence-corrected chi connectivity index (χ0v) is 8.76. The van der Waals surface area contributed by atoms with Gasteiger partial charge in [0.2, 0.25) is 0 Å². The average molecular weight is 219 g/mol. The fourth-order valence-corrected chi connectivity index (χ4v) is 2.02. The van der Waals surface area contributed by atoms with E-state index in [0.717, 1.165) is 17.6 Å². The van der Waals surface area contributed by atoms with E-state index in [4.69, 9.17) is 5.11 Å². The van der Waals surface area contributed by atoms with Crippen molar-refractivity contribution in [3.8, 4) is 0 Å². The fourth-order valence-electron chi connectivity index (χ4n) is 2.02. The Labute approximate surface area is 93.2 Å². The third kappa shape index (κ3) is 1.94.